The lowest BCUT2D eigenvalue weighted by molar-refractivity contribution is -0.139. The van der Waals surface area contributed by atoms with Crippen LogP contribution < -0.4 is 0 Å². The summed E-state index contributed by atoms with van der Waals surface area (Å²) in [5.74, 6) is -3.84. The molecule has 1 aromatic carbocycles. The highest BCUT2D eigenvalue weighted by atomic mass is 19.3. The second-order valence-corrected chi connectivity index (χ2v) is 5.60. The fourth-order valence-corrected chi connectivity index (χ4v) is 2.79. The van der Waals surface area contributed by atoms with E-state index in [1.54, 1.807) is 12.1 Å². The van der Waals surface area contributed by atoms with Gasteiger partial charge in [0.15, 0.2) is 0 Å². The molecule has 2 nitrogen and oxygen atoms in total. The Bertz CT molecular complexity index is 498. The zero-order valence-corrected chi connectivity index (χ0v) is 11.6. The van der Waals surface area contributed by atoms with Gasteiger partial charge in [0, 0.05) is 6.54 Å². The van der Waals surface area contributed by atoms with Crippen molar-refractivity contribution in [2.75, 3.05) is 6.54 Å². The molecule has 1 saturated heterocycles. The fourth-order valence-electron chi connectivity index (χ4n) is 2.79. The van der Waals surface area contributed by atoms with Crippen LogP contribution in [0.15, 0.2) is 24.3 Å². The maximum absolute atomic E-state index is 13.3. The first-order chi connectivity index (χ1) is 9.28. The van der Waals surface area contributed by atoms with E-state index in [1.165, 1.54) is 17.0 Å². The SMILES string of the molecule is C[C@H]1CCN(C(=O)CC(C)(F)F)[C@H]1c1cccc(F)c1. The van der Waals surface area contributed by atoms with Crippen molar-refractivity contribution >= 4 is 5.91 Å². The average Bonchev–Trinajstić information content (AvgIpc) is 2.69. The van der Waals surface area contributed by atoms with E-state index < -0.39 is 18.3 Å². The number of alkyl halides is 2. The molecule has 0 bridgehead atoms. The molecule has 0 radical (unpaired) electrons. The van der Waals surface area contributed by atoms with Gasteiger partial charge in [0.25, 0.3) is 5.92 Å². The van der Waals surface area contributed by atoms with Gasteiger partial charge in [0.05, 0.1) is 12.5 Å². The van der Waals surface area contributed by atoms with E-state index in [1.807, 2.05) is 6.92 Å². The highest BCUT2D eigenvalue weighted by Gasteiger charge is 2.38. The van der Waals surface area contributed by atoms with Gasteiger partial charge in [-0.05, 0) is 37.0 Å². The van der Waals surface area contributed by atoms with Gasteiger partial charge in [-0.2, -0.15) is 0 Å². The Labute approximate surface area is 116 Å². The summed E-state index contributed by atoms with van der Waals surface area (Å²) in [6.07, 6.45) is -0.0618. The van der Waals surface area contributed by atoms with Gasteiger partial charge in [0.2, 0.25) is 5.91 Å². The first kappa shape index (κ1) is 14.9. The second kappa shape index (κ2) is 5.46. The molecule has 0 unspecified atom stereocenters. The molecule has 2 atom stereocenters. The van der Waals surface area contributed by atoms with Crippen molar-refractivity contribution in [3.8, 4) is 0 Å². The summed E-state index contributed by atoms with van der Waals surface area (Å²) in [6, 6.07) is 5.69. The van der Waals surface area contributed by atoms with Crippen molar-refractivity contribution in [2.24, 2.45) is 5.92 Å². The van der Waals surface area contributed by atoms with Crippen molar-refractivity contribution in [3.05, 3.63) is 35.6 Å². The monoisotopic (exact) mass is 285 g/mol. The minimum atomic E-state index is -3.02. The minimum Gasteiger partial charge on any atom is -0.335 e. The fraction of sp³-hybridized carbons (Fsp3) is 0.533. The van der Waals surface area contributed by atoms with Crippen LogP contribution in [-0.4, -0.2) is 23.3 Å². The zero-order chi connectivity index (χ0) is 14.9. The molecular weight excluding hydrogens is 267 g/mol. The summed E-state index contributed by atoms with van der Waals surface area (Å²) in [4.78, 5) is 13.5. The molecule has 1 fully saturated rings. The molecule has 110 valence electrons. The van der Waals surface area contributed by atoms with Crippen LogP contribution in [-0.2, 0) is 4.79 Å². The predicted molar refractivity (Wildman–Crippen MR) is 69.9 cm³/mol. The molecule has 2 rings (SSSR count). The average molecular weight is 285 g/mol. The normalized spacial score (nSPS) is 23.1. The molecule has 1 aromatic rings. The predicted octanol–water partition coefficient (Wildman–Crippen LogP) is 3.78. The molecule has 1 aliphatic heterocycles. The number of hydrogen-bond donors (Lipinski definition) is 0. The summed E-state index contributed by atoms with van der Waals surface area (Å²) in [7, 11) is 0. The maximum Gasteiger partial charge on any atom is 0.254 e. The number of hydrogen-bond acceptors (Lipinski definition) is 1. The lowest BCUT2D eigenvalue weighted by Gasteiger charge is -2.28. The Kier molecular flexibility index (Phi) is 4.06. The number of nitrogens with zero attached hydrogens (tertiary/aromatic N) is 1. The number of amides is 1. The van der Waals surface area contributed by atoms with Gasteiger partial charge >= 0.3 is 0 Å². The van der Waals surface area contributed by atoms with Crippen LogP contribution in [0.5, 0.6) is 0 Å². The molecule has 20 heavy (non-hydrogen) atoms. The first-order valence-electron chi connectivity index (χ1n) is 6.71. The van der Waals surface area contributed by atoms with Crippen LogP contribution in [0.25, 0.3) is 0 Å². The van der Waals surface area contributed by atoms with Gasteiger partial charge in [-0.25, -0.2) is 13.2 Å². The Morgan fingerprint density at radius 2 is 2.15 bits per heavy atom. The molecule has 0 saturated carbocycles. The van der Waals surface area contributed by atoms with E-state index in [2.05, 4.69) is 0 Å². The highest BCUT2D eigenvalue weighted by molar-refractivity contribution is 5.78. The van der Waals surface area contributed by atoms with Crippen LogP contribution in [0.3, 0.4) is 0 Å². The summed E-state index contributed by atoms with van der Waals surface area (Å²) >= 11 is 0. The van der Waals surface area contributed by atoms with Crippen molar-refractivity contribution < 1.29 is 18.0 Å². The third-order valence-corrected chi connectivity index (χ3v) is 3.67. The van der Waals surface area contributed by atoms with Crippen LogP contribution in [0.2, 0.25) is 0 Å². The van der Waals surface area contributed by atoms with Gasteiger partial charge in [-0.3, -0.25) is 4.79 Å². The van der Waals surface area contributed by atoms with E-state index in [-0.39, 0.29) is 17.8 Å². The molecule has 0 spiro atoms. The summed E-state index contributed by atoms with van der Waals surface area (Å²) < 4.78 is 39.3. The van der Waals surface area contributed by atoms with Gasteiger partial charge < -0.3 is 4.90 Å². The van der Waals surface area contributed by atoms with Gasteiger partial charge in [-0.15, -0.1) is 0 Å². The van der Waals surface area contributed by atoms with Crippen molar-refractivity contribution in [1.29, 1.82) is 0 Å². The highest BCUT2D eigenvalue weighted by Crippen LogP contribution is 2.38. The number of carbonyl (C=O) groups is 1. The lowest BCUT2D eigenvalue weighted by atomic mass is 9.95. The molecule has 0 aromatic heterocycles. The Morgan fingerprint density at radius 3 is 2.75 bits per heavy atom. The Morgan fingerprint density at radius 1 is 1.45 bits per heavy atom. The van der Waals surface area contributed by atoms with E-state index >= 15 is 0 Å². The van der Waals surface area contributed by atoms with E-state index in [4.69, 9.17) is 0 Å². The van der Waals surface area contributed by atoms with Crippen LogP contribution in [0.1, 0.15) is 38.3 Å². The van der Waals surface area contributed by atoms with Crippen molar-refractivity contribution in [3.63, 3.8) is 0 Å². The maximum atomic E-state index is 13.3. The number of halogens is 3. The third-order valence-electron chi connectivity index (χ3n) is 3.67. The summed E-state index contributed by atoms with van der Waals surface area (Å²) in [6.45, 7) is 3.13. The van der Waals surface area contributed by atoms with Crippen LogP contribution in [0.4, 0.5) is 13.2 Å². The third kappa shape index (κ3) is 3.32. The Hall–Kier alpha value is -1.52. The standard InChI is InChI=1S/C15H18F3NO/c1-10-6-7-19(13(20)9-15(2,17)18)14(10)11-4-3-5-12(16)8-11/h3-5,8,10,14H,6-7,9H2,1-2H3/t10-,14+/m0/s1. The summed E-state index contributed by atoms with van der Waals surface area (Å²) in [5, 5.41) is 0. The van der Waals surface area contributed by atoms with Gasteiger partial charge in [0.1, 0.15) is 5.82 Å². The first-order valence-corrected chi connectivity index (χ1v) is 6.71. The van der Waals surface area contributed by atoms with Crippen LogP contribution >= 0.6 is 0 Å². The van der Waals surface area contributed by atoms with E-state index in [0.29, 0.717) is 12.1 Å². The number of carbonyl (C=O) groups excluding carboxylic acids is 1. The largest absolute Gasteiger partial charge is 0.335 e. The molecule has 0 aliphatic carbocycles. The molecule has 0 N–H and O–H groups in total. The van der Waals surface area contributed by atoms with E-state index in [9.17, 15) is 18.0 Å². The Balaban J connectivity index is 2.23. The molecule has 1 heterocycles. The lowest BCUT2D eigenvalue weighted by Crippen LogP contribution is -2.35. The quantitative estimate of drug-likeness (QED) is 0.827. The zero-order valence-electron chi connectivity index (χ0n) is 11.6. The minimum absolute atomic E-state index is 0.131. The van der Waals surface area contributed by atoms with Crippen LogP contribution in [0, 0.1) is 11.7 Å². The molecular formula is C15H18F3NO. The number of benzene rings is 1. The molecule has 5 heteroatoms. The topological polar surface area (TPSA) is 20.3 Å². The van der Waals surface area contributed by atoms with Crippen molar-refractivity contribution in [2.45, 2.75) is 38.7 Å². The number of likely N-dealkylation sites (tertiary alicyclic amines) is 1. The van der Waals surface area contributed by atoms with E-state index in [0.717, 1.165) is 13.3 Å². The molecule has 1 aliphatic rings. The smallest absolute Gasteiger partial charge is 0.254 e. The number of rotatable bonds is 3. The van der Waals surface area contributed by atoms with Crippen molar-refractivity contribution in [1.82, 2.24) is 4.90 Å². The second-order valence-electron chi connectivity index (χ2n) is 5.60. The molecule has 1 amide bonds. The van der Waals surface area contributed by atoms with Gasteiger partial charge in [-0.1, -0.05) is 19.1 Å². The summed E-state index contributed by atoms with van der Waals surface area (Å²) in [5.41, 5.74) is 0.669.